The van der Waals surface area contributed by atoms with Crippen molar-refractivity contribution < 1.29 is 31.5 Å². The third-order valence-electron chi connectivity index (χ3n) is 4.03. The third-order valence-corrected chi connectivity index (χ3v) is 6.62. The molecule has 31 heavy (non-hydrogen) atoms. The Labute approximate surface area is 182 Å². The lowest BCUT2D eigenvalue weighted by atomic mass is 10.2. The highest BCUT2D eigenvalue weighted by Gasteiger charge is 2.31. The number of halogens is 2. The van der Waals surface area contributed by atoms with E-state index in [0.717, 1.165) is 23.3 Å². The molecule has 0 aliphatic carbocycles. The fourth-order valence-electron chi connectivity index (χ4n) is 2.63. The van der Waals surface area contributed by atoms with Crippen LogP contribution in [0.5, 0.6) is 5.75 Å². The molecule has 2 rings (SSSR count). The first-order chi connectivity index (χ1) is 14.5. The summed E-state index contributed by atoms with van der Waals surface area (Å²) in [5.41, 5.74) is -0.0251. The molecule has 1 aromatic carbocycles. The van der Waals surface area contributed by atoms with Crippen LogP contribution < -0.4 is 10.1 Å². The predicted molar refractivity (Wildman–Crippen MR) is 109 cm³/mol. The number of amides is 2. The van der Waals surface area contributed by atoms with Crippen LogP contribution in [0.3, 0.4) is 0 Å². The van der Waals surface area contributed by atoms with E-state index in [1.165, 1.54) is 30.3 Å². The number of ether oxygens (including phenoxy) is 1. The number of nitriles is 1. The SMILES string of the molecule is Cc1ccc(C(=O)NC(CS(=O)(=O)Cc2ccccc2OC(F)F)C(=O)N(C)C#N)s1. The Morgan fingerprint density at radius 3 is 2.52 bits per heavy atom. The zero-order valence-corrected chi connectivity index (χ0v) is 18.2. The van der Waals surface area contributed by atoms with Crippen LogP contribution in [0.25, 0.3) is 0 Å². The predicted octanol–water partition coefficient (Wildman–Crippen LogP) is 2.31. The van der Waals surface area contributed by atoms with E-state index in [4.69, 9.17) is 5.26 Å². The van der Waals surface area contributed by atoms with E-state index in [9.17, 15) is 26.8 Å². The van der Waals surface area contributed by atoms with Crippen LogP contribution in [0.2, 0.25) is 0 Å². The summed E-state index contributed by atoms with van der Waals surface area (Å²) in [5.74, 6) is -3.44. The number of thiophene rings is 1. The first kappa shape index (κ1) is 24.2. The molecule has 8 nitrogen and oxygen atoms in total. The van der Waals surface area contributed by atoms with E-state index in [1.807, 2.05) is 0 Å². The third kappa shape index (κ3) is 7.01. The van der Waals surface area contributed by atoms with Crippen molar-refractivity contribution in [1.82, 2.24) is 10.2 Å². The molecule has 0 aliphatic rings. The number of nitrogens with one attached hydrogen (secondary N) is 1. The van der Waals surface area contributed by atoms with Gasteiger partial charge in [0.15, 0.2) is 16.0 Å². The topological polar surface area (TPSA) is 117 Å². The van der Waals surface area contributed by atoms with E-state index >= 15 is 0 Å². The molecule has 1 aromatic heterocycles. The van der Waals surface area contributed by atoms with Crippen molar-refractivity contribution >= 4 is 33.0 Å². The van der Waals surface area contributed by atoms with E-state index < -0.39 is 45.8 Å². The summed E-state index contributed by atoms with van der Waals surface area (Å²) in [5, 5.41) is 11.3. The number of hydrogen-bond acceptors (Lipinski definition) is 7. The van der Waals surface area contributed by atoms with Crippen molar-refractivity contribution in [3.63, 3.8) is 0 Å². The minimum Gasteiger partial charge on any atom is -0.435 e. The minimum absolute atomic E-state index is 0.0251. The second-order valence-corrected chi connectivity index (χ2v) is 9.87. The Morgan fingerprint density at radius 2 is 1.94 bits per heavy atom. The van der Waals surface area contributed by atoms with Crippen LogP contribution in [0.15, 0.2) is 36.4 Å². The summed E-state index contributed by atoms with van der Waals surface area (Å²) in [6.45, 7) is -1.37. The lowest BCUT2D eigenvalue weighted by Crippen LogP contribution is -2.49. The zero-order valence-electron chi connectivity index (χ0n) is 16.5. The van der Waals surface area contributed by atoms with Crippen molar-refractivity contribution in [2.45, 2.75) is 25.3 Å². The van der Waals surface area contributed by atoms with Crippen molar-refractivity contribution in [3.05, 3.63) is 51.7 Å². The Balaban J connectivity index is 2.25. The summed E-state index contributed by atoms with van der Waals surface area (Å²) in [6.07, 6.45) is 1.57. The van der Waals surface area contributed by atoms with Gasteiger partial charge in [-0.3, -0.25) is 14.5 Å². The van der Waals surface area contributed by atoms with Crippen LogP contribution in [0.1, 0.15) is 20.1 Å². The van der Waals surface area contributed by atoms with Gasteiger partial charge in [-0.2, -0.15) is 14.0 Å². The highest BCUT2D eigenvalue weighted by Crippen LogP contribution is 2.23. The second-order valence-electron chi connectivity index (χ2n) is 6.47. The van der Waals surface area contributed by atoms with Crippen molar-refractivity contribution in [3.8, 4) is 11.9 Å². The number of alkyl halides is 2. The van der Waals surface area contributed by atoms with Crippen LogP contribution in [-0.4, -0.2) is 50.6 Å². The Bertz CT molecular complexity index is 1100. The van der Waals surface area contributed by atoms with Gasteiger partial charge in [0.25, 0.3) is 11.8 Å². The van der Waals surface area contributed by atoms with Gasteiger partial charge in [0, 0.05) is 17.5 Å². The normalized spacial score (nSPS) is 12.1. The standard InChI is InChI=1S/C19H19F2N3O5S2/c1-12-7-8-16(30-12)17(25)23-14(18(26)24(2)11-22)10-31(27,28)9-13-5-3-4-6-15(13)29-19(20)21/h3-8,14,19H,9-10H2,1-2H3,(H,23,25). The highest BCUT2D eigenvalue weighted by molar-refractivity contribution is 7.90. The van der Waals surface area contributed by atoms with Gasteiger partial charge in [0.05, 0.1) is 16.4 Å². The Morgan fingerprint density at radius 1 is 1.26 bits per heavy atom. The van der Waals surface area contributed by atoms with Crippen molar-refractivity contribution in [1.29, 1.82) is 5.26 Å². The minimum atomic E-state index is -4.09. The number of hydrogen-bond donors (Lipinski definition) is 1. The molecular weight excluding hydrogens is 452 g/mol. The summed E-state index contributed by atoms with van der Waals surface area (Å²) >= 11 is 1.15. The van der Waals surface area contributed by atoms with Gasteiger partial charge in [-0.05, 0) is 25.1 Å². The molecule has 1 unspecified atom stereocenters. The molecule has 1 heterocycles. The van der Waals surface area contributed by atoms with E-state index in [0.29, 0.717) is 4.90 Å². The number of para-hydroxylation sites is 1. The molecule has 1 N–H and O–H groups in total. The van der Waals surface area contributed by atoms with Gasteiger partial charge in [-0.25, -0.2) is 8.42 Å². The summed E-state index contributed by atoms with van der Waals surface area (Å²) in [7, 11) is -2.96. The molecule has 0 aliphatic heterocycles. The van der Waals surface area contributed by atoms with E-state index in [1.54, 1.807) is 19.2 Å². The zero-order chi connectivity index (χ0) is 23.2. The monoisotopic (exact) mass is 471 g/mol. The molecule has 0 fully saturated rings. The fourth-order valence-corrected chi connectivity index (χ4v) is 4.96. The average molecular weight is 472 g/mol. The maximum Gasteiger partial charge on any atom is 0.387 e. The summed E-state index contributed by atoms with van der Waals surface area (Å²) in [6, 6.07) is 7.03. The van der Waals surface area contributed by atoms with Gasteiger partial charge in [-0.15, -0.1) is 11.3 Å². The second kappa shape index (κ2) is 10.3. The number of aryl methyl sites for hydroxylation is 1. The van der Waals surface area contributed by atoms with Gasteiger partial charge in [-0.1, -0.05) is 18.2 Å². The molecule has 12 heteroatoms. The first-order valence-electron chi connectivity index (χ1n) is 8.80. The van der Waals surface area contributed by atoms with Gasteiger partial charge in [0.2, 0.25) is 0 Å². The maximum atomic E-state index is 12.7. The molecule has 1 atom stereocenters. The number of carbonyl (C=O) groups is 2. The Hall–Kier alpha value is -3.04. The highest BCUT2D eigenvalue weighted by atomic mass is 32.2. The molecular formula is C19H19F2N3O5S2. The molecule has 0 radical (unpaired) electrons. The lowest BCUT2D eigenvalue weighted by molar-refractivity contribution is -0.128. The van der Waals surface area contributed by atoms with Crippen molar-refractivity contribution in [2.24, 2.45) is 0 Å². The van der Waals surface area contributed by atoms with Crippen LogP contribution in [0, 0.1) is 18.4 Å². The quantitative estimate of drug-likeness (QED) is 0.443. The first-order valence-corrected chi connectivity index (χ1v) is 11.4. The van der Waals surface area contributed by atoms with Crippen LogP contribution in [-0.2, 0) is 20.4 Å². The number of nitrogens with zero attached hydrogens (tertiary/aromatic N) is 2. The molecule has 166 valence electrons. The number of benzene rings is 1. The fraction of sp³-hybridized carbons (Fsp3) is 0.316. The van der Waals surface area contributed by atoms with Crippen LogP contribution >= 0.6 is 11.3 Å². The number of sulfone groups is 1. The molecule has 2 aromatic rings. The molecule has 0 bridgehead atoms. The van der Waals surface area contributed by atoms with Crippen LogP contribution in [0.4, 0.5) is 8.78 Å². The largest absolute Gasteiger partial charge is 0.435 e. The summed E-state index contributed by atoms with van der Waals surface area (Å²) in [4.78, 5) is 26.7. The molecule has 0 saturated heterocycles. The maximum absolute atomic E-state index is 12.7. The number of rotatable bonds is 9. The van der Waals surface area contributed by atoms with E-state index in [2.05, 4.69) is 10.1 Å². The van der Waals surface area contributed by atoms with Gasteiger partial charge >= 0.3 is 6.61 Å². The molecule has 0 saturated carbocycles. The van der Waals surface area contributed by atoms with Gasteiger partial charge < -0.3 is 10.1 Å². The van der Waals surface area contributed by atoms with E-state index in [-0.39, 0.29) is 16.2 Å². The smallest absolute Gasteiger partial charge is 0.387 e. The van der Waals surface area contributed by atoms with Crippen molar-refractivity contribution in [2.75, 3.05) is 12.8 Å². The number of carbonyl (C=O) groups excluding carboxylic acids is 2. The molecule has 0 spiro atoms. The van der Waals surface area contributed by atoms with Gasteiger partial charge in [0.1, 0.15) is 11.8 Å². The average Bonchev–Trinajstić information content (AvgIpc) is 3.13. The Kier molecular flexibility index (Phi) is 8.07. The number of likely N-dealkylation sites (N-methyl/N-ethyl adjacent to an activating group) is 1. The lowest BCUT2D eigenvalue weighted by Gasteiger charge is -2.20. The summed E-state index contributed by atoms with van der Waals surface area (Å²) < 4.78 is 55.0. The molecule has 2 amide bonds.